The smallest absolute Gasteiger partial charge is 0.134 e. The maximum absolute atomic E-state index is 4.31. The second kappa shape index (κ2) is 6.84. The van der Waals surface area contributed by atoms with Gasteiger partial charge in [-0.25, -0.2) is 9.97 Å². The molecular weight excluding hydrogens is 250 g/mol. The van der Waals surface area contributed by atoms with Gasteiger partial charge in [0.2, 0.25) is 0 Å². The van der Waals surface area contributed by atoms with Gasteiger partial charge in [0.25, 0.3) is 0 Å². The number of hydrogen-bond donors (Lipinski definition) is 2. The number of hydrogen-bond acceptors (Lipinski definition) is 5. The van der Waals surface area contributed by atoms with E-state index < -0.39 is 0 Å². The van der Waals surface area contributed by atoms with E-state index >= 15 is 0 Å². The van der Waals surface area contributed by atoms with E-state index in [4.69, 9.17) is 0 Å². The Bertz CT molecular complexity index is 568. The fourth-order valence-electron chi connectivity index (χ4n) is 1.93. The van der Waals surface area contributed by atoms with Crippen LogP contribution in [-0.2, 0) is 6.54 Å². The summed E-state index contributed by atoms with van der Waals surface area (Å²) in [7, 11) is 0. The van der Waals surface area contributed by atoms with Crippen molar-refractivity contribution < 1.29 is 0 Å². The predicted octanol–water partition coefficient (Wildman–Crippen LogP) is 2.92. The summed E-state index contributed by atoms with van der Waals surface area (Å²) in [6.45, 7) is 7.87. The Hall–Kier alpha value is -2.17. The van der Waals surface area contributed by atoms with Crippen LogP contribution < -0.4 is 10.6 Å². The van der Waals surface area contributed by atoms with Crippen LogP contribution in [0.3, 0.4) is 0 Å². The third-order valence-corrected chi connectivity index (χ3v) is 3.21. The first-order chi connectivity index (χ1) is 9.72. The summed E-state index contributed by atoms with van der Waals surface area (Å²) in [6.07, 6.45) is 6.35. The average molecular weight is 271 g/mol. The lowest BCUT2D eigenvalue weighted by molar-refractivity contribution is 0.956. The molecule has 0 unspecified atom stereocenters. The van der Waals surface area contributed by atoms with E-state index in [-0.39, 0.29) is 0 Å². The molecule has 0 aliphatic heterocycles. The topological polar surface area (TPSA) is 62.7 Å². The fourth-order valence-corrected chi connectivity index (χ4v) is 1.93. The molecule has 5 nitrogen and oxygen atoms in total. The molecule has 0 spiro atoms. The van der Waals surface area contributed by atoms with Crippen molar-refractivity contribution in [3.63, 3.8) is 0 Å². The quantitative estimate of drug-likeness (QED) is 0.845. The normalized spacial score (nSPS) is 10.3. The molecule has 2 rings (SSSR count). The highest BCUT2D eigenvalue weighted by Gasteiger charge is 2.06. The van der Waals surface area contributed by atoms with Crippen LogP contribution in [0.25, 0.3) is 0 Å². The summed E-state index contributed by atoms with van der Waals surface area (Å²) < 4.78 is 0. The Balaban J connectivity index is 2.08. The summed E-state index contributed by atoms with van der Waals surface area (Å²) in [5, 5.41) is 6.68. The third kappa shape index (κ3) is 3.44. The number of rotatable bonds is 6. The zero-order valence-corrected chi connectivity index (χ0v) is 12.3. The Morgan fingerprint density at radius 3 is 2.55 bits per heavy atom. The van der Waals surface area contributed by atoms with Crippen LogP contribution in [0.4, 0.5) is 11.6 Å². The number of aryl methyl sites for hydroxylation is 1. The minimum absolute atomic E-state index is 0.736. The van der Waals surface area contributed by atoms with Crippen molar-refractivity contribution in [2.24, 2.45) is 0 Å². The summed E-state index contributed by atoms with van der Waals surface area (Å²) in [4.78, 5) is 12.7. The average Bonchev–Trinajstić information content (AvgIpc) is 2.46. The highest BCUT2D eigenvalue weighted by atomic mass is 15.1. The first-order valence-corrected chi connectivity index (χ1v) is 6.91. The number of nitrogens with one attached hydrogen (secondary N) is 2. The van der Waals surface area contributed by atoms with E-state index in [1.807, 2.05) is 25.4 Å². The minimum atomic E-state index is 0.736. The summed E-state index contributed by atoms with van der Waals surface area (Å²) in [5.74, 6) is 1.77. The largest absolute Gasteiger partial charge is 0.370 e. The maximum Gasteiger partial charge on any atom is 0.134 e. The van der Waals surface area contributed by atoms with Crippen LogP contribution in [0.5, 0.6) is 0 Å². The minimum Gasteiger partial charge on any atom is -0.370 e. The van der Waals surface area contributed by atoms with Gasteiger partial charge in [0.05, 0.1) is 0 Å². The molecular formula is C15H21N5. The Morgan fingerprint density at radius 1 is 1.10 bits per heavy atom. The molecule has 20 heavy (non-hydrogen) atoms. The van der Waals surface area contributed by atoms with Gasteiger partial charge >= 0.3 is 0 Å². The van der Waals surface area contributed by atoms with E-state index in [1.165, 1.54) is 11.1 Å². The van der Waals surface area contributed by atoms with Gasteiger partial charge < -0.3 is 10.6 Å². The van der Waals surface area contributed by atoms with Crippen LogP contribution >= 0.6 is 0 Å². The van der Waals surface area contributed by atoms with Crippen molar-refractivity contribution in [3.05, 3.63) is 41.5 Å². The molecule has 2 aromatic heterocycles. The SMILES string of the molecule is CCCNc1ncnc(NCc2ccncc2C)c1C. The van der Waals surface area contributed by atoms with Crippen molar-refractivity contribution in [1.29, 1.82) is 0 Å². The fraction of sp³-hybridized carbons (Fsp3) is 0.400. The standard InChI is InChI=1S/C15H21N5/c1-4-6-17-14-12(3)15(20-10-19-14)18-9-13-5-7-16-8-11(13)2/h5,7-8,10H,4,6,9H2,1-3H3,(H2,17,18,19,20). The summed E-state index contributed by atoms with van der Waals surface area (Å²) in [6, 6.07) is 2.02. The Kier molecular flexibility index (Phi) is 4.87. The van der Waals surface area contributed by atoms with Gasteiger partial charge in [0, 0.05) is 31.0 Å². The van der Waals surface area contributed by atoms with Crippen LogP contribution in [0.15, 0.2) is 24.8 Å². The van der Waals surface area contributed by atoms with Gasteiger partial charge in [-0.3, -0.25) is 4.98 Å². The first kappa shape index (κ1) is 14.2. The maximum atomic E-state index is 4.31. The van der Waals surface area contributed by atoms with Crippen LogP contribution in [0.1, 0.15) is 30.0 Å². The molecule has 0 saturated carbocycles. The number of aromatic nitrogens is 3. The Morgan fingerprint density at radius 2 is 1.85 bits per heavy atom. The van der Waals surface area contributed by atoms with Crippen molar-refractivity contribution in [2.45, 2.75) is 33.7 Å². The summed E-state index contributed by atoms with van der Waals surface area (Å²) >= 11 is 0. The molecule has 2 N–H and O–H groups in total. The van der Waals surface area contributed by atoms with Gasteiger partial charge in [-0.15, -0.1) is 0 Å². The lowest BCUT2D eigenvalue weighted by Crippen LogP contribution is -2.09. The van der Waals surface area contributed by atoms with Crippen molar-refractivity contribution in [1.82, 2.24) is 15.0 Å². The highest BCUT2D eigenvalue weighted by Crippen LogP contribution is 2.19. The van der Waals surface area contributed by atoms with Gasteiger partial charge in [0.15, 0.2) is 0 Å². The molecule has 106 valence electrons. The number of nitrogens with zero attached hydrogens (tertiary/aromatic N) is 3. The van der Waals surface area contributed by atoms with Gasteiger partial charge in [0.1, 0.15) is 18.0 Å². The van der Waals surface area contributed by atoms with Gasteiger partial charge in [-0.05, 0) is 37.5 Å². The molecule has 0 aliphatic rings. The van der Waals surface area contributed by atoms with Gasteiger partial charge in [-0.2, -0.15) is 0 Å². The molecule has 0 saturated heterocycles. The van der Waals surface area contributed by atoms with Crippen LogP contribution in [0, 0.1) is 13.8 Å². The lowest BCUT2D eigenvalue weighted by atomic mass is 10.1. The highest BCUT2D eigenvalue weighted by molar-refractivity contribution is 5.56. The van der Waals surface area contributed by atoms with E-state index in [0.29, 0.717) is 0 Å². The first-order valence-electron chi connectivity index (χ1n) is 6.91. The lowest BCUT2D eigenvalue weighted by Gasteiger charge is -2.13. The molecule has 0 atom stereocenters. The van der Waals surface area contributed by atoms with Gasteiger partial charge in [-0.1, -0.05) is 6.92 Å². The van der Waals surface area contributed by atoms with E-state index in [2.05, 4.69) is 39.4 Å². The predicted molar refractivity (Wildman–Crippen MR) is 81.9 cm³/mol. The molecule has 0 radical (unpaired) electrons. The zero-order valence-electron chi connectivity index (χ0n) is 12.3. The van der Waals surface area contributed by atoms with E-state index in [0.717, 1.165) is 36.7 Å². The van der Waals surface area contributed by atoms with E-state index in [1.54, 1.807) is 6.33 Å². The molecule has 0 amide bonds. The Labute approximate surface area is 119 Å². The molecule has 0 aliphatic carbocycles. The second-order valence-corrected chi connectivity index (χ2v) is 4.78. The molecule has 2 heterocycles. The molecule has 5 heteroatoms. The molecule has 0 aromatic carbocycles. The van der Waals surface area contributed by atoms with E-state index in [9.17, 15) is 0 Å². The molecule has 0 bridgehead atoms. The molecule has 2 aromatic rings. The van der Waals surface area contributed by atoms with Crippen LogP contribution in [0.2, 0.25) is 0 Å². The van der Waals surface area contributed by atoms with Crippen molar-refractivity contribution >= 4 is 11.6 Å². The van der Waals surface area contributed by atoms with Crippen LogP contribution in [-0.4, -0.2) is 21.5 Å². The second-order valence-electron chi connectivity index (χ2n) is 4.78. The number of anilines is 2. The number of pyridine rings is 1. The third-order valence-electron chi connectivity index (χ3n) is 3.21. The van der Waals surface area contributed by atoms with Crippen molar-refractivity contribution in [3.8, 4) is 0 Å². The zero-order chi connectivity index (χ0) is 14.4. The summed E-state index contributed by atoms with van der Waals surface area (Å²) in [5.41, 5.74) is 3.45. The van der Waals surface area contributed by atoms with Crippen molar-refractivity contribution in [2.75, 3.05) is 17.2 Å². The molecule has 0 fully saturated rings. The monoisotopic (exact) mass is 271 g/mol.